The monoisotopic (exact) mass is 312 g/mol. The lowest BCUT2D eigenvalue weighted by Gasteiger charge is -2.11. The summed E-state index contributed by atoms with van der Waals surface area (Å²) in [6.07, 6.45) is 3.70. The Hall–Kier alpha value is -2.76. The number of amides is 1. The van der Waals surface area contributed by atoms with Gasteiger partial charge in [0.15, 0.2) is 11.6 Å². The second kappa shape index (κ2) is 5.79. The minimum Gasteiger partial charge on any atom is -0.334 e. The van der Waals surface area contributed by atoms with Crippen molar-refractivity contribution >= 4 is 22.5 Å². The first-order chi connectivity index (χ1) is 11.0. The highest BCUT2D eigenvalue weighted by atomic mass is 19.1. The maximum Gasteiger partial charge on any atom is 0.225 e. The second-order valence-electron chi connectivity index (χ2n) is 5.41. The van der Waals surface area contributed by atoms with Gasteiger partial charge in [0.2, 0.25) is 5.91 Å². The van der Waals surface area contributed by atoms with Gasteiger partial charge in [-0.25, -0.2) is 14.4 Å². The van der Waals surface area contributed by atoms with Crippen LogP contribution in [0.4, 0.5) is 10.2 Å². The number of carbonyl (C=O) groups is 1. The molecule has 2 aromatic heterocycles. The highest BCUT2D eigenvalue weighted by Crippen LogP contribution is 2.30. The Bertz CT molecular complexity index is 901. The fraction of sp³-hybridized carbons (Fsp3) is 0.235. The molecule has 0 fully saturated rings. The minimum absolute atomic E-state index is 0.0241. The predicted octanol–water partition coefficient (Wildman–Crippen LogP) is 3.43. The molecule has 1 amide bonds. The Kier molecular flexibility index (Phi) is 3.82. The first-order valence-corrected chi connectivity index (χ1v) is 7.37. The number of aryl methyl sites for hydroxylation is 2. The van der Waals surface area contributed by atoms with E-state index in [0.29, 0.717) is 11.1 Å². The van der Waals surface area contributed by atoms with E-state index in [1.54, 1.807) is 32.4 Å². The minimum atomic E-state index is -0.517. The molecule has 1 aromatic carbocycles. The number of halogens is 1. The lowest BCUT2D eigenvalue weighted by molar-refractivity contribution is -0.115. The molecule has 5 nitrogen and oxygen atoms in total. The van der Waals surface area contributed by atoms with Crippen LogP contribution in [0.25, 0.3) is 22.0 Å². The average Bonchev–Trinajstić information content (AvgIpc) is 2.97. The summed E-state index contributed by atoms with van der Waals surface area (Å²) in [5.74, 6) is -0.807. The normalized spacial score (nSPS) is 11.0. The molecule has 0 aliphatic carbocycles. The molecule has 6 heteroatoms. The standard InChI is InChI=1S/C17H17FN4O/c1-4-15(23)21-17-16(18)13-7-11(14-8-19-9-22(14)3)5-6-12(13)10(2)20-17/h5-9H,4H2,1-3H3,(H,20,21,23). The molecule has 0 aliphatic rings. The van der Waals surface area contributed by atoms with E-state index in [1.807, 2.05) is 23.7 Å². The summed E-state index contributed by atoms with van der Waals surface area (Å²) in [5.41, 5.74) is 2.42. The SMILES string of the molecule is CCC(=O)Nc1nc(C)c2ccc(-c3cncn3C)cc2c1F. The van der Waals surface area contributed by atoms with Gasteiger partial charge in [-0.15, -0.1) is 0 Å². The van der Waals surface area contributed by atoms with E-state index in [4.69, 9.17) is 0 Å². The van der Waals surface area contributed by atoms with Crippen LogP contribution in [0.2, 0.25) is 0 Å². The number of hydrogen-bond acceptors (Lipinski definition) is 3. The Morgan fingerprint density at radius 3 is 2.78 bits per heavy atom. The van der Waals surface area contributed by atoms with Crippen molar-refractivity contribution < 1.29 is 9.18 Å². The molecular formula is C17H17FN4O. The van der Waals surface area contributed by atoms with Crippen LogP contribution in [0.5, 0.6) is 0 Å². The Morgan fingerprint density at radius 1 is 1.35 bits per heavy atom. The van der Waals surface area contributed by atoms with E-state index < -0.39 is 5.82 Å². The maximum atomic E-state index is 14.8. The number of aromatic nitrogens is 3. The number of nitrogens with one attached hydrogen (secondary N) is 1. The lowest BCUT2D eigenvalue weighted by atomic mass is 10.0. The summed E-state index contributed by atoms with van der Waals surface area (Å²) >= 11 is 0. The van der Waals surface area contributed by atoms with Crippen LogP contribution in [-0.4, -0.2) is 20.4 Å². The van der Waals surface area contributed by atoms with Gasteiger partial charge in [-0.1, -0.05) is 19.1 Å². The molecule has 3 rings (SSSR count). The smallest absolute Gasteiger partial charge is 0.225 e. The fourth-order valence-corrected chi connectivity index (χ4v) is 2.54. The highest BCUT2D eigenvalue weighted by Gasteiger charge is 2.15. The van der Waals surface area contributed by atoms with Gasteiger partial charge in [-0.3, -0.25) is 4.79 Å². The van der Waals surface area contributed by atoms with E-state index in [0.717, 1.165) is 16.6 Å². The van der Waals surface area contributed by atoms with Crippen molar-refractivity contribution in [1.29, 1.82) is 0 Å². The van der Waals surface area contributed by atoms with Crippen LogP contribution in [0.1, 0.15) is 19.0 Å². The van der Waals surface area contributed by atoms with Crippen LogP contribution in [0, 0.1) is 12.7 Å². The number of carbonyl (C=O) groups excluding carboxylic acids is 1. The van der Waals surface area contributed by atoms with Crippen molar-refractivity contribution in [2.75, 3.05) is 5.32 Å². The molecule has 1 N–H and O–H groups in total. The average molecular weight is 312 g/mol. The van der Waals surface area contributed by atoms with Crippen molar-refractivity contribution in [3.05, 3.63) is 42.2 Å². The number of nitrogens with zero attached hydrogens (tertiary/aromatic N) is 3. The number of hydrogen-bond donors (Lipinski definition) is 1. The van der Waals surface area contributed by atoms with Crippen molar-refractivity contribution in [3.8, 4) is 11.3 Å². The summed E-state index contributed by atoms with van der Waals surface area (Å²) < 4.78 is 16.6. The van der Waals surface area contributed by atoms with Gasteiger partial charge in [0.1, 0.15) is 0 Å². The highest BCUT2D eigenvalue weighted by molar-refractivity contribution is 5.95. The van der Waals surface area contributed by atoms with Crippen molar-refractivity contribution in [3.63, 3.8) is 0 Å². The van der Waals surface area contributed by atoms with Gasteiger partial charge in [0.05, 0.1) is 18.2 Å². The van der Waals surface area contributed by atoms with Crippen LogP contribution >= 0.6 is 0 Å². The van der Waals surface area contributed by atoms with Crippen LogP contribution in [-0.2, 0) is 11.8 Å². The topological polar surface area (TPSA) is 59.8 Å². The first-order valence-electron chi connectivity index (χ1n) is 7.37. The summed E-state index contributed by atoms with van der Waals surface area (Å²) in [6, 6.07) is 5.52. The van der Waals surface area contributed by atoms with Crippen LogP contribution in [0.15, 0.2) is 30.7 Å². The number of anilines is 1. The molecule has 0 bridgehead atoms. The molecule has 0 atom stereocenters. The largest absolute Gasteiger partial charge is 0.334 e. The molecule has 0 saturated heterocycles. The van der Waals surface area contributed by atoms with Crippen molar-refractivity contribution in [1.82, 2.24) is 14.5 Å². The van der Waals surface area contributed by atoms with Gasteiger partial charge >= 0.3 is 0 Å². The van der Waals surface area contributed by atoms with Crippen LogP contribution < -0.4 is 5.32 Å². The van der Waals surface area contributed by atoms with Gasteiger partial charge in [-0.05, 0) is 13.0 Å². The number of benzene rings is 1. The Balaban J connectivity index is 2.18. The van der Waals surface area contributed by atoms with Crippen molar-refractivity contribution in [2.45, 2.75) is 20.3 Å². The number of pyridine rings is 1. The summed E-state index contributed by atoms with van der Waals surface area (Å²) in [4.78, 5) is 19.8. The quantitative estimate of drug-likeness (QED) is 0.806. The van der Waals surface area contributed by atoms with E-state index >= 15 is 0 Å². The Morgan fingerprint density at radius 2 is 2.13 bits per heavy atom. The molecule has 2 heterocycles. The fourth-order valence-electron chi connectivity index (χ4n) is 2.54. The zero-order chi connectivity index (χ0) is 16.6. The van der Waals surface area contributed by atoms with E-state index in [2.05, 4.69) is 15.3 Å². The molecule has 0 saturated carbocycles. The molecule has 0 aliphatic heterocycles. The molecule has 0 unspecified atom stereocenters. The van der Waals surface area contributed by atoms with E-state index in [-0.39, 0.29) is 18.1 Å². The number of fused-ring (bicyclic) bond motifs is 1. The molecular weight excluding hydrogens is 295 g/mol. The van der Waals surface area contributed by atoms with E-state index in [1.165, 1.54) is 0 Å². The lowest BCUT2D eigenvalue weighted by Crippen LogP contribution is -2.13. The molecule has 3 aromatic rings. The van der Waals surface area contributed by atoms with Gasteiger partial charge < -0.3 is 9.88 Å². The zero-order valence-electron chi connectivity index (χ0n) is 13.2. The second-order valence-corrected chi connectivity index (χ2v) is 5.41. The summed E-state index contributed by atoms with van der Waals surface area (Å²) in [5, 5.41) is 3.67. The molecule has 0 radical (unpaired) electrons. The molecule has 0 spiro atoms. The van der Waals surface area contributed by atoms with Crippen molar-refractivity contribution in [2.24, 2.45) is 7.05 Å². The maximum absolute atomic E-state index is 14.8. The predicted molar refractivity (Wildman–Crippen MR) is 87.6 cm³/mol. The third-order valence-electron chi connectivity index (χ3n) is 3.82. The van der Waals surface area contributed by atoms with Crippen LogP contribution in [0.3, 0.4) is 0 Å². The van der Waals surface area contributed by atoms with Gasteiger partial charge in [0, 0.05) is 35.5 Å². The zero-order valence-corrected chi connectivity index (χ0v) is 13.2. The van der Waals surface area contributed by atoms with E-state index in [9.17, 15) is 9.18 Å². The Labute approximate surface area is 133 Å². The summed E-state index contributed by atoms with van der Waals surface area (Å²) in [6.45, 7) is 3.51. The molecule has 23 heavy (non-hydrogen) atoms. The van der Waals surface area contributed by atoms with Gasteiger partial charge in [-0.2, -0.15) is 0 Å². The third-order valence-corrected chi connectivity index (χ3v) is 3.82. The van der Waals surface area contributed by atoms with Gasteiger partial charge in [0.25, 0.3) is 0 Å². The third kappa shape index (κ3) is 2.67. The molecule has 118 valence electrons. The number of rotatable bonds is 3. The number of imidazole rings is 1. The first kappa shape index (κ1) is 15.1. The summed E-state index contributed by atoms with van der Waals surface area (Å²) in [7, 11) is 1.88.